The van der Waals surface area contributed by atoms with Crippen LogP contribution >= 0.6 is 0 Å². The summed E-state index contributed by atoms with van der Waals surface area (Å²) in [5.41, 5.74) is 0. The fourth-order valence-electron chi connectivity index (χ4n) is 1.43. The van der Waals surface area contributed by atoms with Crippen LogP contribution in [0.15, 0.2) is 15.7 Å². The molecular formula is C10H15F3N2O3S. The molecule has 9 heteroatoms. The molecule has 1 aromatic heterocycles. The van der Waals surface area contributed by atoms with Gasteiger partial charge in [-0.1, -0.05) is 13.8 Å². The Bertz CT molecular complexity index is 522. The van der Waals surface area contributed by atoms with Crippen molar-refractivity contribution in [2.75, 3.05) is 0 Å². The second-order valence-corrected chi connectivity index (χ2v) is 6.19. The summed E-state index contributed by atoms with van der Waals surface area (Å²) < 4.78 is 68.1. The first-order valence-corrected chi connectivity index (χ1v) is 7.02. The Hall–Kier alpha value is -1.09. The van der Waals surface area contributed by atoms with Gasteiger partial charge in [-0.2, -0.15) is 17.9 Å². The lowest BCUT2D eigenvalue weighted by molar-refractivity contribution is -0.154. The molecular weight excluding hydrogens is 285 g/mol. The molecule has 0 saturated heterocycles. The number of rotatable bonds is 5. The van der Waals surface area contributed by atoms with Crippen LogP contribution in [0.3, 0.4) is 0 Å². The van der Waals surface area contributed by atoms with E-state index in [-0.39, 0.29) is 18.2 Å². The Morgan fingerprint density at radius 3 is 2.37 bits per heavy atom. The van der Waals surface area contributed by atoms with E-state index in [4.69, 9.17) is 4.42 Å². The molecule has 1 atom stereocenters. The summed E-state index contributed by atoms with van der Waals surface area (Å²) in [6, 6.07) is -2.15. The molecule has 1 aromatic rings. The Labute approximate surface area is 109 Å². The van der Waals surface area contributed by atoms with Gasteiger partial charge in [0.15, 0.2) is 5.89 Å². The van der Waals surface area contributed by atoms with Crippen molar-refractivity contribution in [3.63, 3.8) is 0 Å². The topological polar surface area (TPSA) is 72.2 Å². The molecule has 0 aromatic carbocycles. The fourth-order valence-corrected chi connectivity index (χ4v) is 2.57. The van der Waals surface area contributed by atoms with Crippen LogP contribution in [0.5, 0.6) is 0 Å². The van der Waals surface area contributed by atoms with E-state index in [1.54, 1.807) is 18.6 Å². The van der Waals surface area contributed by atoms with Crippen molar-refractivity contribution >= 4 is 10.0 Å². The maximum Gasteiger partial charge on any atom is 0.404 e. The molecule has 19 heavy (non-hydrogen) atoms. The van der Waals surface area contributed by atoms with Crippen LogP contribution in [0.25, 0.3) is 0 Å². The van der Waals surface area contributed by atoms with Gasteiger partial charge in [-0.3, -0.25) is 0 Å². The fraction of sp³-hybridized carbons (Fsp3) is 0.700. The van der Waals surface area contributed by atoms with Gasteiger partial charge in [0.1, 0.15) is 6.04 Å². The number of hydrogen-bond acceptors (Lipinski definition) is 4. The molecule has 5 nitrogen and oxygen atoms in total. The normalized spacial score (nSPS) is 14.9. The third kappa shape index (κ3) is 4.50. The van der Waals surface area contributed by atoms with Crippen molar-refractivity contribution in [2.24, 2.45) is 5.92 Å². The SMILES string of the molecule is Cc1ncc(S(=O)(=O)N[C@@H](CC(C)C)C(F)(F)F)o1. The van der Waals surface area contributed by atoms with Crippen LogP contribution in [-0.4, -0.2) is 25.6 Å². The van der Waals surface area contributed by atoms with Crippen LogP contribution < -0.4 is 4.72 Å². The number of aromatic nitrogens is 1. The summed E-state index contributed by atoms with van der Waals surface area (Å²) in [6.07, 6.45) is -4.14. The first-order chi connectivity index (χ1) is 8.52. The summed E-state index contributed by atoms with van der Waals surface area (Å²) in [5.74, 6) is -0.251. The highest BCUT2D eigenvalue weighted by molar-refractivity contribution is 7.89. The second kappa shape index (κ2) is 5.49. The zero-order valence-corrected chi connectivity index (χ0v) is 11.5. The van der Waals surface area contributed by atoms with E-state index >= 15 is 0 Å². The van der Waals surface area contributed by atoms with Crippen molar-refractivity contribution in [3.8, 4) is 0 Å². The van der Waals surface area contributed by atoms with Crippen molar-refractivity contribution in [1.82, 2.24) is 9.71 Å². The Morgan fingerprint density at radius 1 is 1.42 bits per heavy atom. The summed E-state index contributed by atoms with van der Waals surface area (Å²) in [7, 11) is -4.37. The number of aryl methyl sites for hydroxylation is 1. The van der Waals surface area contributed by atoms with Crippen LogP contribution in [0, 0.1) is 12.8 Å². The first-order valence-electron chi connectivity index (χ1n) is 5.54. The van der Waals surface area contributed by atoms with E-state index in [1.807, 2.05) is 0 Å². The quantitative estimate of drug-likeness (QED) is 0.905. The maximum absolute atomic E-state index is 12.8. The van der Waals surface area contributed by atoms with Gasteiger partial charge in [0, 0.05) is 6.92 Å². The summed E-state index contributed by atoms with van der Waals surface area (Å²) >= 11 is 0. The third-order valence-corrected chi connectivity index (χ3v) is 3.58. The van der Waals surface area contributed by atoms with Crippen molar-refractivity contribution in [1.29, 1.82) is 0 Å². The Balaban J connectivity index is 2.96. The number of hydrogen-bond donors (Lipinski definition) is 1. The number of oxazole rings is 1. The lowest BCUT2D eigenvalue weighted by atomic mass is 10.0. The number of sulfonamides is 1. The molecule has 0 aliphatic rings. The highest BCUT2D eigenvalue weighted by atomic mass is 32.2. The molecule has 0 unspecified atom stereocenters. The monoisotopic (exact) mass is 300 g/mol. The van der Waals surface area contributed by atoms with E-state index in [9.17, 15) is 21.6 Å². The van der Waals surface area contributed by atoms with E-state index in [2.05, 4.69) is 4.98 Å². The molecule has 0 aliphatic heterocycles. The predicted molar refractivity (Wildman–Crippen MR) is 60.9 cm³/mol. The first kappa shape index (κ1) is 16.0. The van der Waals surface area contributed by atoms with Crippen LogP contribution in [0.2, 0.25) is 0 Å². The lowest BCUT2D eigenvalue weighted by Gasteiger charge is -2.22. The summed E-state index contributed by atoms with van der Waals surface area (Å²) in [4.78, 5) is 3.55. The van der Waals surface area contributed by atoms with Gasteiger partial charge in [-0.25, -0.2) is 13.4 Å². The van der Waals surface area contributed by atoms with Crippen LogP contribution in [0.4, 0.5) is 13.2 Å². The maximum atomic E-state index is 12.8. The van der Waals surface area contributed by atoms with Crippen LogP contribution in [0.1, 0.15) is 26.2 Å². The summed E-state index contributed by atoms with van der Waals surface area (Å²) in [5, 5.41) is -0.622. The van der Waals surface area contributed by atoms with Gasteiger partial charge in [0.25, 0.3) is 15.1 Å². The van der Waals surface area contributed by atoms with E-state index < -0.39 is 27.3 Å². The number of halogens is 3. The molecule has 1 rings (SSSR count). The molecule has 0 fully saturated rings. The third-order valence-electron chi connectivity index (χ3n) is 2.26. The second-order valence-electron chi connectivity index (χ2n) is 4.54. The molecule has 110 valence electrons. The lowest BCUT2D eigenvalue weighted by Crippen LogP contribution is -2.45. The number of nitrogens with zero attached hydrogens (tertiary/aromatic N) is 1. The minimum absolute atomic E-state index is 0.0628. The van der Waals surface area contributed by atoms with Crippen molar-refractivity contribution < 1.29 is 26.0 Å². The van der Waals surface area contributed by atoms with E-state index in [0.29, 0.717) is 0 Å². The van der Waals surface area contributed by atoms with Gasteiger partial charge in [0.2, 0.25) is 0 Å². The van der Waals surface area contributed by atoms with E-state index in [0.717, 1.165) is 6.20 Å². The summed E-state index contributed by atoms with van der Waals surface area (Å²) in [6.45, 7) is 4.55. The van der Waals surface area contributed by atoms with Gasteiger partial charge in [-0.15, -0.1) is 0 Å². The molecule has 1 heterocycles. The standard InChI is InChI=1S/C10H15F3N2O3S/c1-6(2)4-8(10(11,12)13)15-19(16,17)9-5-14-7(3)18-9/h5-6,8,15H,4H2,1-3H3/t8-/m0/s1. The highest BCUT2D eigenvalue weighted by Gasteiger charge is 2.43. The molecule has 1 N–H and O–H groups in total. The average Bonchev–Trinajstić information content (AvgIpc) is 2.62. The number of nitrogens with one attached hydrogen (secondary N) is 1. The molecule has 0 bridgehead atoms. The van der Waals surface area contributed by atoms with Crippen molar-refractivity contribution in [2.45, 2.75) is 44.5 Å². The zero-order valence-electron chi connectivity index (χ0n) is 10.7. The predicted octanol–water partition coefficient (Wildman–Crippen LogP) is 2.24. The molecule has 0 spiro atoms. The molecule has 0 aliphatic carbocycles. The molecule has 0 radical (unpaired) electrons. The largest absolute Gasteiger partial charge is 0.428 e. The minimum atomic E-state index is -4.66. The van der Waals surface area contributed by atoms with Crippen molar-refractivity contribution in [3.05, 3.63) is 12.1 Å². The van der Waals surface area contributed by atoms with Gasteiger partial charge < -0.3 is 4.42 Å². The van der Waals surface area contributed by atoms with Gasteiger partial charge in [-0.05, 0) is 12.3 Å². The van der Waals surface area contributed by atoms with Gasteiger partial charge >= 0.3 is 6.18 Å². The highest BCUT2D eigenvalue weighted by Crippen LogP contribution is 2.26. The van der Waals surface area contributed by atoms with Gasteiger partial charge in [0.05, 0.1) is 6.20 Å². The zero-order chi connectivity index (χ0) is 14.8. The Morgan fingerprint density at radius 2 is 2.00 bits per heavy atom. The Kier molecular flexibility index (Phi) is 4.62. The van der Waals surface area contributed by atoms with E-state index in [1.165, 1.54) is 6.92 Å². The van der Waals surface area contributed by atoms with Crippen LogP contribution in [-0.2, 0) is 10.0 Å². The minimum Gasteiger partial charge on any atom is -0.428 e. The number of alkyl halides is 3. The smallest absolute Gasteiger partial charge is 0.404 e. The molecule has 0 saturated carbocycles. The average molecular weight is 300 g/mol. The molecule has 0 amide bonds.